The predicted octanol–water partition coefficient (Wildman–Crippen LogP) is 1.71. The molecule has 0 aliphatic carbocycles. The zero-order valence-electron chi connectivity index (χ0n) is 17.2. The molecule has 2 unspecified atom stereocenters. The number of nitrogens with one attached hydrogen (secondary N) is 2. The highest BCUT2D eigenvalue weighted by Gasteiger charge is 2.24. The fourth-order valence-corrected chi connectivity index (χ4v) is 4.05. The number of morpholine rings is 1. The molecule has 2 saturated heterocycles. The van der Waals surface area contributed by atoms with Gasteiger partial charge < -0.3 is 20.3 Å². The number of aliphatic imine (C=N–C) groups is 1. The van der Waals surface area contributed by atoms with Gasteiger partial charge in [0.1, 0.15) is 5.82 Å². The molecule has 2 N–H and O–H groups in total. The van der Waals surface area contributed by atoms with Crippen LogP contribution in [0.4, 0.5) is 4.39 Å². The summed E-state index contributed by atoms with van der Waals surface area (Å²) in [4.78, 5) is 9.28. The third-order valence-electron chi connectivity index (χ3n) is 5.80. The highest BCUT2D eigenvalue weighted by Crippen LogP contribution is 2.21. The average Bonchev–Trinajstić information content (AvgIpc) is 3.20. The quantitative estimate of drug-likeness (QED) is 0.547. The maximum Gasteiger partial charge on any atom is 0.191 e. The molecule has 3 rings (SSSR count). The second-order valence-electron chi connectivity index (χ2n) is 7.60. The second kappa shape index (κ2) is 10.7. The number of likely N-dealkylation sites (tertiary alicyclic amines) is 1. The number of benzene rings is 1. The fraction of sp³-hybridized carbons (Fsp3) is 0.667. The summed E-state index contributed by atoms with van der Waals surface area (Å²) in [5, 5.41) is 6.96. The first-order valence-corrected chi connectivity index (χ1v) is 10.4. The molecule has 0 amide bonds. The molecule has 2 aliphatic rings. The van der Waals surface area contributed by atoms with E-state index in [2.05, 4.69) is 32.3 Å². The summed E-state index contributed by atoms with van der Waals surface area (Å²) in [5.74, 6) is 1.30. The molecular weight excluding hydrogens is 357 g/mol. The van der Waals surface area contributed by atoms with Gasteiger partial charge in [-0.2, -0.15) is 0 Å². The van der Waals surface area contributed by atoms with Crippen LogP contribution in [0.3, 0.4) is 0 Å². The number of hydrogen-bond donors (Lipinski definition) is 2. The molecule has 2 atom stereocenters. The minimum Gasteiger partial charge on any atom is -0.379 e. The summed E-state index contributed by atoms with van der Waals surface area (Å²) >= 11 is 0. The zero-order valence-corrected chi connectivity index (χ0v) is 17.2. The molecule has 2 aliphatic heterocycles. The van der Waals surface area contributed by atoms with Gasteiger partial charge in [-0.1, -0.05) is 19.1 Å². The Morgan fingerprint density at radius 3 is 2.61 bits per heavy atom. The molecule has 6 nitrogen and oxygen atoms in total. The maximum atomic E-state index is 13.4. The van der Waals surface area contributed by atoms with E-state index in [1.54, 1.807) is 0 Å². The van der Waals surface area contributed by atoms with Crippen LogP contribution in [0, 0.1) is 11.7 Å². The predicted molar refractivity (Wildman–Crippen MR) is 111 cm³/mol. The number of halogens is 1. The van der Waals surface area contributed by atoms with Gasteiger partial charge in [0, 0.05) is 39.8 Å². The Labute approximate surface area is 168 Å². The largest absolute Gasteiger partial charge is 0.379 e. The summed E-state index contributed by atoms with van der Waals surface area (Å²) in [6.45, 7) is 10.6. The molecular formula is C21H34FN5O. The summed E-state index contributed by atoms with van der Waals surface area (Å²) in [6, 6.07) is 6.99. The van der Waals surface area contributed by atoms with Crippen molar-refractivity contribution in [2.75, 3.05) is 66.1 Å². The van der Waals surface area contributed by atoms with Gasteiger partial charge in [-0.3, -0.25) is 9.89 Å². The molecule has 2 heterocycles. The van der Waals surface area contributed by atoms with Crippen molar-refractivity contribution in [3.8, 4) is 0 Å². The minimum atomic E-state index is -0.201. The van der Waals surface area contributed by atoms with Gasteiger partial charge in [0.15, 0.2) is 5.96 Å². The van der Waals surface area contributed by atoms with Gasteiger partial charge in [-0.15, -0.1) is 0 Å². The maximum absolute atomic E-state index is 13.4. The van der Waals surface area contributed by atoms with Crippen molar-refractivity contribution in [2.24, 2.45) is 10.9 Å². The second-order valence-corrected chi connectivity index (χ2v) is 7.60. The molecule has 28 heavy (non-hydrogen) atoms. The Bertz CT molecular complexity index is 618. The van der Waals surface area contributed by atoms with E-state index in [0.717, 1.165) is 64.0 Å². The molecule has 7 heteroatoms. The van der Waals surface area contributed by atoms with Crippen molar-refractivity contribution in [3.05, 3.63) is 35.6 Å². The molecule has 0 saturated carbocycles. The van der Waals surface area contributed by atoms with E-state index in [1.807, 2.05) is 19.2 Å². The van der Waals surface area contributed by atoms with Crippen LogP contribution in [0.1, 0.15) is 24.9 Å². The molecule has 0 aromatic heterocycles. The summed E-state index contributed by atoms with van der Waals surface area (Å²) in [5.41, 5.74) is 1.11. The Balaban J connectivity index is 1.56. The Hall–Kier alpha value is -1.70. The van der Waals surface area contributed by atoms with E-state index < -0.39 is 0 Å². The first-order valence-electron chi connectivity index (χ1n) is 10.4. The first-order chi connectivity index (χ1) is 13.7. The Kier molecular flexibility index (Phi) is 8.06. The Morgan fingerprint density at radius 1 is 1.21 bits per heavy atom. The molecule has 2 fully saturated rings. The van der Waals surface area contributed by atoms with Gasteiger partial charge in [0.05, 0.1) is 19.3 Å². The Morgan fingerprint density at radius 2 is 1.96 bits per heavy atom. The fourth-order valence-electron chi connectivity index (χ4n) is 4.05. The lowest BCUT2D eigenvalue weighted by molar-refractivity contribution is 0.0170. The van der Waals surface area contributed by atoms with Crippen LogP contribution in [-0.2, 0) is 4.74 Å². The number of guanidine groups is 1. The van der Waals surface area contributed by atoms with Gasteiger partial charge in [0.25, 0.3) is 0 Å². The van der Waals surface area contributed by atoms with Crippen LogP contribution in [0.5, 0.6) is 0 Å². The lowest BCUT2D eigenvalue weighted by atomic mass is 10.0. The van der Waals surface area contributed by atoms with E-state index >= 15 is 0 Å². The number of hydrogen-bond acceptors (Lipinski definition) is 4. The van der Waals surface area contributed by atoms with Crippen molar-refractivity contribution in [3.63, 3.8) is 0 Å². The van der Waals surface area contributed by atoms with E-state index in [0.29, 0.717) is 5.92 Å². The SMILES string of the molecule is CCN1CCC(CNC(=NC)NCC(c2ccc(F)cc2)N2CCOCC2)C1. The van der Waals surface area contributed by atoms with Crippen LogP contribution < -0.4 is 10.6 Å². The highest BCUT2D eigenvalue weighted by atomic mass is 19.1. The van der Waals surface area contributed by atoms with Crippen molar-refractivity contribution in [1.82, 2.24) is 20.4 Å². The van der Waals surface area contributed by atoms with Crippen molar-refractivity contribution >= 4 is 5.96 Å². The van der Waals surface area contributed by atoms with Crippen LogP contribution in [0.25, 0.3) is 0 Å². The van der Waals surface area contributed by atoms with Crippen molar-refractivity contribution in [2.45, 2.75) is 19.4 Å². The van der Waals surface area contributed by atoms with E-state index in [1.165, 1.54) is 25.1 Å². The highest BCUT2D eigenvalue weighted by molar-refractivity contribution is 5.79. The molecule has 0 spiro atoms. The normalized spacial score (nSPS) is 23.0. The lowest BCUT2D eigenvalue weighted by Crippen LogP contribution is -2.47. The third-order valence-corrected chi connectivity index (χ3v) is 5.80. The molecule has 1 aromatic carbocycles. The topological polar surface area (TPSA) is 52.1 Å². The third kappa shape index (κ3) is 5.90. The molecule has 1 aromatic rings. The van der Waals surface area contributed by atoms with Crippen LogP contribution in [0.15, 0.2) is 29.3 Å². The molecule has 0 radical (unpaired) electrons. The number of rotatable bonds is 7. The smallest absolute Gasteiger partial charge is 0.191 e. The van der Waals surface area contributed by atoms with E-state index in [4.69, 9.17) is 4.74 Å². The summed E-state index contributed by atoms with van der Waals surface area (Å²) in [7, 11) is 1.81. The van der Waals surface area contributed by atoms with Crippen molar-refractivity contribution in [1.29, 1.82) is 0 Å². The van der Waals surface area contributed by atoms with Gasteiger partial charge in [-0.05, 0) is 43.1 Å². The van der Waals surface area contributed by atoms with Crippen molar-refractivity contribution < 1.29 is 9.13 Å². The van der Waals surface area contributed by atoms with Crippen LogP contribution >= 0.6 is 0 Å². The van der Waals surface area contributed by atoms with Gasteiger partial charge >= 0.3 is 0 Å². The summed E-state index contributed by atoms with van der Waals surface area (Å²) < 4.78 is 18.9. The monoisotopic (exact) mass is 391 g/mol. The zero-order chi connectivity index (χ0) is 19.8. The standard InChI is InChI=1S/C21H34FN5O/c1-3-26-9-8-17(16-26)14-24-21(23-2)25-15-20(27-10-12-28-13-11-27)18-4-6-19(22)7-5-18/h4-7,17,20H,3,8-16H2,1-2H3,(H2,23,24,25). The minimum absolute atomic E-state index is 0.158. The molecule has 156 valence electrons. The number of ether oxygens (including phenoxy) is 1. The van der Waals surface area contributed by atoms with Crippen LogP contribution in [-0.4, -0.2) is 81.8 Å². The van der Waals surface area contributed by atoms with E-state index in [9.17, 15) is 4.39 Å². The van der Waals surface area contributed by atoms with E-state index in [-0.39, 0.29) is 11.9 Å². The summed E-state index contributed by atoms with van der Waals surface area (Å²) in [6.07, 6.45) is 1.24. The number of nitrogens with zero attached hydrogens (tertiary/aromatic N) is 3. The lowest BCUT2D eigenvalue weighted by Gasteiger charge is -2.35. The first kappa shape index (κ1) is 21.0. The van der Waals surface area contributed by atoms with Crippen LogP contribution in [0.2, 0.25) is 0 Å². The van der Waals surface area contributed by atoms with Gasteiger partial charge in [-0.25, -0.2) is 4.39 Å². The van der Waals surface area contributed by atoms with Gasteiger partial charge in [0.2, 0.25) is 0 Å². The average molecular weight is 392 g/mol. The molecule has 0 bridgehead atoms.